The average Bonchev–Trinajstić information content (AvgIpc) is 3.11. The first-order valence-corrected chi connectivity index (χ1v) is 9.28. The highest BCUT2D eigenvalue weighted by molar-refractivity contribution is 6.35. The van der Waals surface area contributed by atoms with Crippen molar-refractivity contribution in [3.63, 3.8) is 0 Å². The van der Waals surface area contributed by atoms with E-state index in [0.717, 1.165) is 48.8 Å². The van der Waals surface area contributed by atoms with Gasteiger partial charge in [0.2, 0.25) is 0 Å². The first kappa shape index (κ1) is 17.5. The molecule has 6 nitrogen and oxygen atoms in total. The molecule has 7 heteroatoms. The number of aromatic nitrogens is 3. The van der Waals surface area contributed by atoms with Gasteiger partial charge in [-0.05, 0) is 31.0 Å². The highest BCUT2D eigenvalue weighted by atomic mass is 35.5. The maximum Gasteiger partial charge on any atom is 0.121 e. The summed E-state index contributed by atoms with van der Waals surface area (Å²) in [5.74, 6) is 0. The zero-order chi connectivity index (χ0) is 18.3. The van der Waals surface area contributed by atoms with E-state index in [0.29, 0.717) is 5.69 Å². The standard InChI is InChI=1S/C19H23ClN4O2/c1-12-14-4-2-5-15(20)19(14)21-17(12)10-23-6-3-7-24-13(9-23)8-16(22-24)18(26)11-25/h2,4-5,8,18,21,25-26H,3,6-7,9-11H2,1H3/t18-/m0/s1. The number of nitrogens with one attached hydrogen (secondary N) is 1. The highest BCUT2D eigenvalue weighted by Gasteiger charge is 2.21. The normalized spacial score (nSPS) is 16.6. The molecule has 0 aliphatic carbocycles. The number of halogens is 1. The summed E-state index contributed by atoms with van der Waals surface area (Å²) in [6.07, 6.45) is 0.0737. The average molecular weight is 375 g/mol. The number of H-pyrrole nitrogens is 1. The van der Waals surface area contributed by atoms with Gasteiger partial charge in [0.05, 0.1) is 28.5 Å². The van der Waals surface area contributed by atoms with Crippen molar-refractivity contribution in [1.29, 1.82) is 0 Å². The third-order valence-electron chi connectivity index (χ3n) is 5.15. The molecular formula is C19H23ClN4O2. The van der Waals surface area contributed by atoms with Gasteiger partial charge in [-0.15, -0.1) is 0 Å². The Hall–Kier alpha value is -1.86. The lowest BCUT2D eigenvalue weighted by Crippen LogP contribution is -2.23. The Balaban J connectivity index is 1.58. The van der Waals surface area contributed by atoms with Gasteiger partial charge in [-0.25, -0.2) is 0 Å². The molecule has 0 spiro atoms. The molecular weight excluding hydrogens is 352 g/mol. The fraction of sp³-hybridized carbons (Fsp3) is 0.421. The van der Waals surface area contributed by atoms with E-state index in [1.165, 1.54) is 16.6 Å². The van der Waals surface area contributed by atoms with Crippen LogP contribution in [0.3, 0.4) is 0 Å². The Morgan fingerprint density at radius 2 is 2.19 bits per heavy atom. The van der Waals surface area contributed by atoms with Crippen LogP contribution in [0.1, 0.15) is 35.2 Å². The van der Waals surface area contributed by atoms with E-state index in [1.807, 2.05) is 22.9 Å². The van der Waals surface area contributed by atoms with E-state index >= 15 is 0 Å². The van der Waals surface area contributed by atoms with Gasteiger partial charge in [0.25, 0.3) is 0 Å². The smallest absolute Gasteiger partial charge is 0.121 e. The monoisotopic (exact) mass is 374 g/mol. The number of aryl methyl sites for hydroxylation is 2. The topological polar surface area (TPSA) is 77.3 Å². The minimum Gasteiger partial charge on any atom is -0.393 e. The number of aromatic amines is 1. The maximum atomic E-state index is 9.84. The van der Waals surface area contributed by atoms with Gasteiger partial charge in [-0.1, -0.05) is 23.7 Å². The SMILES string of the molecule is Cc1c(CN2CCCn3nc([C@@H](O)CO)cc3C2)[nH]c2c(Cl)cccc12. The van der Waals surface area contributed by atoms with Crippen molar-refractivity contribution in [1.82, 2.24) is 19.7 Å². The number of aliphatic hydroxyl groups is 2. The van der Waals surface area contributed by atoms with E-state index in [1.54, 1.807) is 0 Å². The van der Waals surface area contributed by atoms with E-state index in [4.69, 9.17) is 16.7 Å². The second-order valence-corrected chi connectivity index (χ2v) is 7.34. The Labute approximate surface area is 157 Å². The molecule has 0 unspecified atom stereocenters. The molecule has 2 aromatic heterocycles. The van der Waals surface area contributed by atoms with Crippen LogP contribution in [-0.2, 0) is 19.6 Å². The molecule has 1 aromatic carbocycles. The molecule has 4 rings (SSSR count). The van der Waals surface area contributed by atoms with Gasteiger partial charge >= 0.3 is 0 Å². The third kappa shape index (κ3) is 3.14. The Morgan fingerprint density at radius 3 is 2.96 bits per heavy atom. The third-order valence-corrected chi connectivity index (χ3v) is 5.47. The van der Waals surface area contributed by atoms with Crippen LogP contribution in [0.5, 0.6) is 0 Å². The van der Waals surface area contributed by atoms with Gasteiger partial charge in [0.1, 0.15) is 6.10 Å². The fourth-order valence-corrected chi connectivity index (χ4v) is 3.92. The molecule has 0 amide bonds. The number of rotatable bonds is 4. The molecule has 1 aliphatic rings. The lowest BCUT2D eigenvalue weighted by atomic mass is 10.1. The number of nitrogens with zero attached hydrogens (tertiary/aromatic N) is 3. The van der Waals surface area contributed by atoms with Gasteiger partial charge in [0.15, 0.2) is 0 Å². The van der Waals surface area contributed by atoms with E-state index in [9.17, 15) is 5.11 Å². The summed E-state index contributed by atoms with van der Waals surface area (Å²) in [6, 6.07) is 7.88. The van der Waals surface area contributed by atoms with Crippen LogP contribution in [0.2, 0.25) is 5.02 Å². The van der Waals surface area contributed by atoms with Gasteiger partial charge in [-0.3, -0.25) is 9.58 Å². The predicted octanol–water partition coefficient (Wildman–Crippen LogP) is 2.76. The Bertz CT molecular complexity index is 933. The number of benzene rings is 1. The molecule has 26 heavy (non-hydrogen) atoms. The van der Waals surface area contributed by atoms with E-state index in [2.05, 4.69) is 28.0 Å². The van der Waals surface area contributed by atoms with Gasteiger partial charge in [0, 0.05) is 37.3 Å². The second kappa shape index (κ2) is 7.04. The van der Waals surface area contributed by atoms with Crippen LogP contribution >= 0.6 is 11.6 Å². The van der Waals surface area contributed by atoms with Crippen molar-refractivity contribution >= 4 is 22.5 Å². The predicted molar refractivity (Wildman–Crippen MR) is 101 cm³/mol. The van der Waals surface area contributed by atoms with Crippen molar-refractivity contribution in [3.05, 3.63) is 51.9 Å². The van der Waals surface area contributed by atoms with Crippen LogP contribution < -0.4 is 0 Å². The molecule has 3 aromatic rings. The van der Waals surface area contributed by atoms with Crippen molar-refractivity contribution in [2.24, 2.45) is 0 Å². The molecule has 0 fully saturated rings. The summed E-state index contributed by atoms with van der Waals surface area (Å²) in [7, 11) is 0. The summed E-state index contributed by atoms with van der Waals surface area (Å²) in [5, 5.41) is 25.3. The van der Waals surface area contributed by atoms with Crippen molar-refractivity contribution < 1.29 is 10.2 Å². The molecule has 1 aliphatic heterocycles. The zero-order valence-electron chi connectivity index (χ0n) is 14.7. The molecule has 1 atom stereocenters. The first-order chi connectivity index (χ1) is 12.6. The number of hydrogen-bond acceptors (Lipinski definition) is 4. The number of aliphatic hydroxyl groups excluding tert-OH is 2. The number of fused-ring (bicyclic) bond motifs is 2. The highest BCUT2D eigenvalue weighted by Crippen LogP contribution is 2.29. The lowest BCUT2D eigenvalue weighted by Gasteiger charge is -2.19. The maximum absolute atomic E-state index is 9.84. The Kier molecular flexibility index (Phi) is 4.75. The van der Waals surface area contributed by atoms with Gasteiger partial charge in [-0.2, -0.15) is 5.10 Å². The van der Waals surface area contributed by atoms with E-state index < -0.39 is 6.10 Å². The lowest BCUT2D eigenvalue weighted by molar-refractivity contribution is 0.0916. The Morgan fingerprint density at radius 1 is 1.35 bits per heavy atom. The first-order valence-electron chi connectivity index (χ1n) is 8.90. The van der Waals surface area contributed by atoms with Crippen molar-refractivity contribution in [3.8, 4) is 0 Å². The summed E-state index contributed by atoms with van der Waals surface area (Å²) in [5.41, 5.74) is 5.01. The minimum absolute atomic E-state index is 0.310. The quantitative estimate of drug-likeness (QED) is 0.656. The molecule has 3 heterocycles. The fourth-order valence-electron chi connectivity index (χ4n) is 3.69. The molecule has 138 valence electrons. The zero-order valence-corrected chi connectivity index (χ0v) is 15.5. The summed E-state index contributed by atoms with van der Waals surface area (Å²) >= 11 is 6.32. The van der Waals surface area contributed by atoms with E-state index in [-0.39, 0.29) is 6.61 Å². The number of hydrogen-bond donors (Lipinski definition) is 3. The van der Waals surface area contributed by atoms with Crippen LogP contribution in [0.15, 0.2) is 24.3 Å². The van der Waals surface area contributed by atoms with Crippen molar-refractivity contribution in [2.45, 2.75) is 39.1 Å². The summed E-state index contributed by atoms with van der Waals surface area (Å²) < 4.78 is 1.95. The molecule has 0 saturated carbocycles. The van der Waals surface area contributed by atoms with Crippen LogP contribution in [0.4, 0.5) is 0 Å². The second-order valence-electron chi connectivity index (χ2n) is 6.94. The molecule has 0 saturated heterocycles. The van der Waals surface area contributed by atoms with Gasteiger partial charge < -0.3 is 15.2 Å². The molecule has 0 bridgehead atoms. The van der Waals surface area contributed by atoms with Crippen LogP contribution in [0, 0.1) is 6.92 Å². The molecule has 3 N–H and O–H groups in total. The summed E-state index contributed by atoms with van der Waals surface area (Å²) in [4.78, 5) is 5.86. The van der Waals surface area contributed by atoms with Crippen molar-refractivity contribution in [2.75, 3.05) is 13.2 Å². The largest absolute Gasteiger partial charge is 0.393 e. The van der Waals surface area contributed by atoms with Crippen LogP contribution in [-0.4, -0.2) is 43.0 Å². The molecule has 0 radical (unpaired) electrons. The van der Waals surface area contributed by atoms with Crippen LogP contribution in [0.25, 0.3) is 10.9 Å². The number of para-hydroxylation sites is 1. The summed E-state index contributed by atoms with van der Waals surface area (Å²) in [6.45, 7) is 5.18. The minimum atomic E-state index is -0.916.